The van der Waals surface area contributed by atoms with Crippen molar-refractivity contribution in [2.45, 2.75) is 13.5 Å². The summed E-state index contributed by atoms with van der Waals surface area (Å²) in [6.45, 7) is 2.14. The minimum atomic E-state index is 0.256. The van der Waals surface area contributed by atoms with E-state index in [1.165, 1.54) is 0 Å². The summed E-state index contributed by atoms with van der Waals surface area (Å²) < 4.78 is 8.28. The molecule has 0 spiro atoms. The highest BCUT2D eigenvalue weighted by molar-refractivity contribution is 9.10. The Morgan fingerprint density at radius 3 is 2.84 bits per heavy atom. The van der Waals surface area contributed by atoms with Crippen LogP contribution < -0.4 is 4.74 Å². The average Bonchev–Trinajstić information content (AvgIpc) is 2.68. The Balaban J connectivity index is 2.24. The van der Waals surface area contributed by atoms with Crippen LogP contribution in [0, 0.1) is 6.92 Å². The van der Waals surface area contributed by atoms with Crippen LogP contribution in [0.4, 0.5) is 0 Å². The van der Waals surface area contributed by atoms with Crippen LogP contribution in [0.5, 0.6) is 5.75 Å². The lowest BCUT2D eigenvalue weighted by molar-refractivity contribution is 0.111. The topological polar surface area (TPSA) is 44.1 Å². The smallest absolute Gasteiger partial charge is 0.153 e. The van der Waals surface area contributed by atoms with E-state index in [9.17, 15) is 4.79 Å². The monoisotopic (exact) mass is 342 g/mol. The molecule has 19 heavy (non-hydrogen) atoms. The molecule has 0 saturated carbocycles. The third kappa shape index (κ3) is 2.98. The first kappa shape index (κ1) is 14.1. The first-order valence-electron chi connectivity index (χ1n) is 5.57. The van der Waals surface area contributed by atoms with Crippen LogP contribution in [0.2, 0.25) is 5.15 Å². The van der Waals surface area contributed by atoms with Crippen molar-refractivity contribution in [2.24, 2.45) is 7.05 Å². The van der Waals surface area contributed by atoms with Gasteiger partial charge in [0.05, 0.1) is 11.8 Å². The molecule has 1 aromatic carbocycles. The summed E-state index contributed by atoms with van der Waals surface area (Å²) in [4.78, 5) is 15.2. The quantitative estimate of drug-likeness (QED) is 0.798. The van der Waals surface area contributed by atoms with Gasteiger partial charge in [-0.1, -0.05) is 27.5 Å². The first-order valence-corrected chi connectivity index (χ1v) is 6.74. The molecule has 0 aliphatic carbocycles. The largest absolute Gasteiger partial charge is 0.485 e. The zero-order valence-corrected chi connectivity index (χ0v) is 12.8. The Kier molecular flexibility index (Phi) is 4.27. The van der Waals surface area contributed by atoms with Crippen LogP contribution in [0.1, 0.15) is 21.7 Å². The number of carbonyl (C=O) groups is 1. The van der Waals surface area contributed by atoms with E-state index in [2.05, 4.69) is 20.9 Å². The summed E-state index contributed by atoms with van der Waals surface area (Å²) in [6, 6.07) is 3.62. The maximum absolute atomic E-state index is 11.1. The van der Waals surface area contributed by atoms with Crippen molar-refractivity contribution in [2.75, 3.05) is 0 Å². The van der Waals surface area contributed by atoms with Gasteiger partial charge < -0.3 is 9.30 Å². The lowest BCUT2D eigenvalue weighted by atomic mass is 10.1. The van der Waals surface area contributed by atoms with Crippen LogP contribution in [0.25, 0.3) is 0 Å². The van der Waals surface area contributed by atoms with Gasteiger partial charge in [-0.25, -0.2) is 4.98 Å². The van der Waals surface area contributed by atoms with Gasteiger partial charge in [-0.2, -0.15) is 0 Å². The Morgan fingerprint density at radius 2 is 2.26 bits per heavy atom. The van der Waals surface area contributed by atoms with Gasteiger partial charge in [0.15, 0.2) is 6.29 Å². The molecular weight excluding hydrogens is 332 g/mol. The molecular formula is C13H12BrClN2O2. The van der Waals surface area contributed by atoms with Crippen molar-refractivity contribution < 1.29 is 9.53 Å². The Labute approximate surface area is 124 Å². The normalized spacial score (nSPS) is 10.5. The van der Waals surface area contributed by atoms with Crippen molar-refractivity contribution in [1.29, 1.82) is 0 Å². The van der Waals surface area contributed by atoms with E-state index in [1.807, 2.05) is 20.0 Å². The predicted molar refractivity (Wildman–Crippen MR) is 76.8 cm³/mol. The molecule has 0 saturated heterocycles. The molecule has 0 aliphatic rings. The SMILES string of the molecule is Cc1cc(Br)cc(C=O)c1OCc1ncc(Cl)n1C. The van der Waals surface area contributed by atoms with Gasteiger partial charge in [0.25, 0.3) is 0 Å². The Morgan fingerprint density at radius 1 is 1.53 bits per heavy atom. The molecule has 0 N–H and O–H groups in total. The zero-order chi connectivity index (χ0) is 14.0. The van der Waals surface area contributed by atoms with Crippen molar-refractivity contribution in [3.05, 3.63) is 44.9 Å². The fourth-order valence-electron chi connectivity index (χ4n) is 1.74. The predicted octanol–water partition coefficient (Wildman–Crippen LogP) is 3.54. The van der Waals surface area contributed by atoms with Crippen LogP contribution >= 0.6 is 27.5 Å². The molecule has 0 atom stereocenters. The summed E-state index contributed by atoms with van der Waals surface area (Å²) in [6.07, 6.45) is 2.34. The Bertz CT molecular complexity index is 625. The van der Waals surface area contributed by atoms with E-state index in [1.54, 1.807) is 16.8 Å². The number of imidazole rings is 1. The number of aldehydes is 1. The molecule has 100 valence electrons. The summed E-state index contributed by atoms with van der Waals surface area (Å²) in [5.41, 5.74) is 1.39. The maximum atomic E-state index is 11.1. The number of halogens is 2. The van der Waals surface area contributed by atoms with Crippen molar-refractivity contribution in [3.8, 4) is 5.75 Å². The van der Waals surface area contributed by atoms with Gasteiger partial charge in [0, 0.05) is 11.5 Å². The average molecular weight is 344 g/mol. The molecule has 0 unspecified atom stereocenters. The van der Waals surface area contributed by atoms with Gasteiger partial charge >= 0.3 is 0 Å². The highest BCUT2D eigenvalue weighted by Gasteiger charge is 2.11. The van der Waals surface area contributed by atoms with Crippen molar-refractivity contribution >= 4 is 33.8 Å². The lowest BCUT2D eigenvalue weighted by Crippen LogP contribution is -2.06. The molecule has 0 bridgehead atoms. The van der Waals surface area contributed by atoms with E-state index >= 15 is 0 Å². The standard InChI is InChI=1S/C13H12BrClN2O2/c1-8-3-10(14)4-9(6-18)13(8)19-7-12-16-5-11(15)17(12)2/h3-6H,7H2,1-2H3. The van der Waals surface area contributed by atoms with Crippen LogP contribution in [-0.4, -0.2) is 15.8 Å². The minimum Gasteiger partial charge on any atom is -0.485 e. The second-order valence-electron chi connectivity index (χ2n) is 4.10. The highest BCUT2D eigenvalue weighted by Crippen LogP contribution is 2.27. The number of rotatable bonds is 4. The van der Waals surface area contributed by atoms with Gasteiger partial charge in [-0.05, 0) is 24.6 Å². The molecule has 0 amide bonds. The summed E-state index contributed by atoms with van der Waals surface area (Å²) in [5.74, 6) is 1.27. The third-order valence-electron chi connectivity index (χ3n) is 2.77. The summed E-state index contributed by atoms with van der Waals surface area (Å²) in [5, 5.41) is 0.543. The van der Waals surface area contributed by atoms with E-state index in [0.717, 1.165) is 16.3 Å². The van der Waals surface area contributed by atoms with Gasteiger partial charge in [0.1, 0.15) is 23.3 Å². The van der Waals surface area contributed by atoms with E-state index in [-0.39, 0.29) is 6.61 Å². The number of nitrogens with zero attached hydrogens (tertiary/aromatic N) is 2. The van der Waals surface area contributed by atoms with Crippen molar-refractivity contribution in [1.82, 2.24) is 9.55 Å². The first-order chi connectivity index (χ1) is 9.02. The molecule has 4 nitrogen and oxygen atoms in total. The molecule has 1 heterocycles. The second kappa shape index (κ2) is 5.75. The molecule has 0 aliphatic heterocycles. The summed E-state index contributed by atoms with van der Waals surface area (Å²) >= 11 is 9.25. The minimum absolute atomic E-state index is 0.256. The number of aryl methyl sites for hydroxylation is 1. The maximum Gasteiger partial charge on any atom is 0.153 e. The number of aromatic nitrogens is 2. The van der Waals surface area contributed by atoms with Crippen LogP contribution in [-0.2, 0) is 13.7 Å². The Hall–Kier alpha value is -1.33. The van der Waals surface area contributed by atoms with Gasteiger partial charge in [0.2, 0.25) is 0 Å². The molecule has 2 rings (SSSR count). The fourth-order valence-corrected chi connectivity index (χ4v) is 2.47. The summed E-state index contributed by atoms with van der Waals surface area (Å²) in [7, 11) is 1.81. The lowest BCUT2D eigenvalue weighted by Gasteiger charge is -2.12. The number of hydrogen-bond acceptors (Lipinski definition) is 3. The molecule has 2 aromatic rings. The van der Waals surface area contributed by atoms with Crippen LogP contribution in [0.15, 0.2) is 22.8 Å². The molecule has 0 radical (unpaired) electrons. The highest BCUT2D eigenvalue weighted by atomic mass is 79.9. The fraction of sp³-hybridized carbons (Fsp3) is 0.231. The van der Waals surface area contributed by atoms with Crippen LogP contribution in [0.3, 0.4) is 0 Å². The van der Waals surface area contributed by atoms with E-state index in [0.29, 0.717) is 22.3 Å². The van der Waals surface area contributed by atoms with E-state index < -0.39 is 0 Å². The third-order valence-corrected chi connectivity index (χ3v) is 3.58. The zero-order valence-electron chi connectivity index (χ0n) is 10.5. The van der Waals surface area contributed by atoms with Gasteiger partial charge in [-0.3, -0.25) is 4.79 Å². The second-order valence-corrected chi connectivity index (χ2v) is 5.41. The number of hydrogen-bond donors (Lipinski definition) is 0. The number of ether oxygens (including phenoxy) is 1. The van der Waals surface area contributed by atoms with Gasteiger partial charge in [-0.15, -0.1) is 0 Å². The molecule has 1 aromatic heterocycles. The number of benzene rings is 1. The van der Waals surface area contributed by atoms with Crippen molar-refractivity contribution in [3.63, 3.8) is 0 Å². The van der Waals surface area contributed by atoms with E-state index in [4.69, 9.17) is 16.3 Å². The molecule has 6 heteroatoms. The molecule has 0 fully saturated rings. The number of carbonyl (C=O) groups excluding carboxylic acids is 1.